The van der Waals surface area contributed by atoms with Crippen molar-refractivity contribution < 1.29 is 9.63 Å². The molecule has 0 bridgehead atoms. The Kier molecular flexibility index (Phi) is 5.36. The molecule has 0 unspecified atom stereocenters. The fourth-order valence-electron chi connectivity index (χ4n) is 1.18. The number of hydrogen-bond donors (Lipinski definition) is 0. The fourth-order valence-corrected chi connectivity index (χ4v) is 1.18. The first-order chi connectivity index (χ1) is 8.09. The van der Waals surface area contributed by atoms with Gasteiger partial charge in [-0.3, -0.25) is 0 Å². The first-order valence-electron chi connectivity index (χ1n) is 5.54. The monoisotopic (exact) mass is 234 g/mol. The van der Waals surface area contributed by atoms with Crippen LogP contribution in [0.1, 0.15) is 23.7 Å². The number of rotatable bonds is 5. The topological polar surface area (TPSA) is 41.9 Å². The maximum Gasteiger partial charge on any atom is 0.365 e. The molecule has 0 saturated carbocycles. The van der Waals surface area contributed by atoms with Crippen LogP contribution >= 0.6 is 0 Å². The van der Waals surface area contributed by atoms with E-state index in [0.717, 1.165) is 18.7 Å². The molecule has 0 N–H and O–H groups in total. The van der Waals surface area contributed by atoms with Crippen LogP contribution in [0.25, 0.3) is 0 Å². The Balaban J connectivity index is 2.44. The van der Waals surface area contributed by atoms with Gasteiger partial charge in [0.2, 0.25) is 0 Å². The second-order valence-electron chi connectivity index (χ2n) is 4.12. The molecular formula is C13H18N2O2. The lowest BCUT2D eigenvalue weighted by Gasteiger charge is -2.07. The minimum Gasteiger partial charge on any atom is -0.313 e. The molecule has 1 rings (SSSR count). The summed E-state index contributed by atoms with van der Waals surface area (Å²) in [6.07, 6.45) is 0.787. The molecule has 1 aromatic carbocycles. The highest BCUT2D eigenvalue weighted by molar-refractivity contribution is 5.90. The fraction of sp³-hybridized carbons (Fsp3) is 0.385. The van der Waals surface area contributed by atoms with E-state index in [0.29, 0.717) is 5.56 Å². The van der Waals surface area contributed by atoms with Crippen molar-refractivity contribution in [1.29, 1.82) is 0 Å². The first-order valence-corrected chi connectivity index (χ1v) is 5.54. The van der Waals surface area contributed by atoms with Crippen LogP contribution in [0.5, 0.6) is 0 Å². The molecule has 4 nitrogen and oxygen atoms in total. The molecule has 0 saturated heterocycles. The molecule has 4 heteroatoms. The van der Waals surface area contributed by atoms with Crippen LogP contribution in [0.2, 0.25) is 0 Å². The summed E-state index contributed by atoms with van der Waals surface area (Å²) in [6.45, 7) is 2.74. The van der Waals surface area contributed by atoms with E-state index in [-0.39, 0.29) is 0 Å². The van der Waals surface area contributed by atoms with Gasteiger partial charge in [0.1, 0.15) is 0 Å². The molecular weight excluding hydrogens is 216 g/mol. The maximum atomic E-state index is 11.5. The molecule has 0 amide bonds. The average Bonchev–Trinajstić information content (AvgIpc) is 2.34. The van der Waals surface area contributed by atoms with Crippen LogP contribution in [0.4, 0.5) is 0 Å². The van der Waals surface area contributed by atoms with Crippen molar-refractivity contribution in [2.24, 2.45) is 5.16 Å². The van der Waals surface area contributed by atoms with Crippen LogP contribution in [-0.2, 0) is 4.84 Å². The zero-order valence-corrected chi connectivity index (χ0v) is 10.5. The minimum absolute atomic E-state index is 0.421. The SMILES string of the molecule is C/C(CCN(C)C)=N\OC(=O)c1ccccc1. The van der Waals surface area contributed by atoms with Gasteiger partial charge < -0.3 is 9.74 Å². The van der Waals surface area contributed by atoms with Crippen molar-refractivity contribution in [1.82, 2.24) is 4.90 Å². The van der Waals surface area contributed by atoms with Gasteiger partial charge in [-0.05, 0) is 33.2 Å². The van der Waals surface area contributed by atoms with Gasteiger partial charge in [0, 0.05) is 13.0 Å². The van der Waals surface area contributed by atoms with Crippen molar-refractivity contribution in [2.75, 3.05) is 20.6 Å². The highest BCUT2D eigenvalue weighted by atomic mass is 16.7. The van der Waals surface area contributed by atoms with E-state index in [4.69, 9.17) is 4.84 Å². The van der Waals surface area contributed by atoms with E-state index in [1.807, 2.05) is 27.1 Å². The highest BCUT2D eigenvalue weighted by Gasteiger charge is 2.05. The lowest BCUT2D eigenvalue weighted by atomic mass is 10.2. The number of carbonyl (C=O) groups is 1. The Morgan fingerprint density at radius 2 is 1.94 bits per heavy atom. The van der Waals surface area contributed by atoms with Gasteiger partial charge in [0.05, 0.1) is 11.3 Å². The number of nitrogens with zero attached hydrogens (tertiary/aromatic N) is 2. The summed E-state index contributed by atoms with van der Waals surface area (Å²) in [6, 6.07) is 8.83. The second kappa shape index (κ2) is 6.81. The average molecular weight is 234 g/mol. The summed E-state index contributed by atoms with van der Waals surface area (Å²) < 4.78 is 0. The Labute approximate surface area is 102 Å². The summed E-state index contributed by atoms with van der Waals surface area (Å²) in [7, 11) is 3.98. The van der Waals surface area contributed by atoms with Crippen LogP contribution in [0, 0.1) is 0 Å². The van der Waals surface area contributed by atoms with Crippen molar-refractivity contribution in [3.63, 3.8) is 0 Å². The Bertz CT molecular complexity index is 386. The number of oxime groups is 1. The van der Waals surface area contributed by atoms with E-state index in [9.17, 15) is 4.79 Å². The molecule has 0 heterocycles. The summed E-state index contributed by atoms with van der Waals surface area (Å²) in [5.41, 5.74) is 1.32. The van der Waals surface area contributed by atoms with E-state index < -0.39 is 5.97 Å². The standard InChI is InChI=1S/C13H18N2O2/c1-11(9-10-15(2)3)14-17-13(16)12-7-5-4-6-8-12/h4-8H,9-10H2,1-3H3/b14-11+. The lowest BCUT2D eigenvalue weighted by molar-refractivity contribution is 0.0515. The van der Waals surface area contributed by atoms with E-state index in [2.05, 4.69) is 10.1 Å². The summed E-state index contributed by atoms with van der Waals surface area (Å²) in [5, 5.41) is 3.81. The van der Waals surface area contributed by atoms with Crippen molar-refractivity contribution in [3.8, 4) is 0 Å². The van der Waals surface area contributed by atoms with Crippen molar-refractivity contribution in [3.05, 3.63) is 35.9 Å². The summed E-state index contributed by atoms with van der Waals surface area (Å²) in [5.74, 6) is -0.421. The summed E-state index contributed by atoms with van der Waals surface area (Å²) in [4.78, 5) is 18.5. The third-order valence-corrected chi connectivity index (χ3v) is 2.21. The Morgan fingerprint density at radius 1 is 1.29 bits per heavy atom. The Morgan fingerprint density at radius 3 is 2.53 bits per heavy atom. The van der Waals surface area contributed by atoms with Crippen molar-refractivity contribution in [2.45, 2.75) is 13.3 Å². The molecule has 0 atom stereocenters. The number of benzene rings is 1. The molecule has 17 heavy (non-hydrogen) atoms. The van der Waals surface area contributed by atoms with Crippen LogP contribution in [-0.4, -0.2) is 37.2 Å². The first kappa shape index (κ1) is 13.4. The number of carbonyl (C=O) groups excluding carboxylic acids is 1. The van der Waals surface area contributed by atoms with Gasteiger partial charge >= 0.3 is 5.97 Å². The maximum absolute atomic E-state index is 11.5. The van der Waals surface area contributed by atoms with E-state index >= 15 is 0 Å². The van der Waals surface area contributed by atoms with Crippen LogP contribution < -0.4 is 0 Å². The third kappa shape index (κ3) is 5.26. The second-order valence-corrected chi connectivity index (χ2v) is 4.12. The van der Waals surface area contributed by atoms with Gasteiger partial charge in [-0.25, -0.2) is 4.79 Å². The summed E-state index contributed by atoms with van der Waals surface area (Å²) >= 11 is 0. The van der Waals surface area contributed by atoms with Gasteiger partial charge in [-0.15, -0.1) is 0 Å². The predicted molar refractivity (Wildman–Crippen MR) is 68.1 cm³/mol. The van der Waals surface area contributed by atoms with Crippen LogP contribution in [0.15, 0.2) is 35.5 Å². The molecule has 0 spiro atoms. The molecule has 0 aliphatic heterocycles. The van der Waals surface area contributed by atoms with Gasteiger partial charge in [0.25, 0.3) is 0 Å². The highest BCUT2D eigenvalue weighted by Crippen LogP contribution is 2.01. The predicted octanol–water partition coefficient (Wildman–Crippen LogP) is 2.17. The molecule has 0 fully saturated rings. The molecule has 0 aliphatic carbocycles. The molecule has 0 radical (unpaired) electrons. The molecule has 0 aliphatic rings. The normalized spacial score (nSPS) is 11.6. The van der Waals surface area contributed by atoms with Gasteiger partial charge in [-0.1, -0.05) is 23.4 Å². The van der Waals surface area contributed by atoms with E-state index in [1.54, 1.807) is 24.3 Å². The number of hydrogen-bond acceptors (Lipinski definition) is 4. The third-order valence-electron chi connectivity index (χ3n) is 2.21. The molecule has 92 valence electrons. The quantitative estimate of drug-likeness (QED) is 0.445. The molecule has 1 aromatic rings. The van der Waals surface area contributed by atoms with Crippen molar-refractivity contribution >= 4 is 11.7 Å². The largest absolute Gasteiger partial charge is 0.365 e. The van der Waals surface area contributed by atoms with Crippen LogP contribution in [0.3, 0.4) is 0 Å². The van der Waals surface area contributed by atoms with E-state index in [1.165, 1.54) is 0 Å². The lowest BCUT2D eigenvalue weighted by Crippen LogP contribution is -2.15. The molecule has 0 aromatic heterocycles. The minimum atomic E-state index is -0.421. The zero-order chi connectivity index (χ0) is 12.7. The smallest absolute Gasteiger partial charge is 0.313 e. The zero-order valence-electron chi connectivity index (χ0n) is 10.5. The Hall–Kier alpha value is -1.68. The van der Waals surface area contributed by atoms with Gasteiger partial charge in [-0.2, -0.15) is 0 Å². The van der Waals surface area contributed by atoms with Gasteiger partial charge in [0.15, 0.2) is 0 Å².